The largest absolute Gasteiger partial charge is 0.477 e. The van der Waals surface area contributed by atoms with Crippen LogP contribution >= 0.6 is 46.7 Å². The van der Waals surface area contributed by atoms with Crippen LogP contribution in [-0.2, 0) is 19.2 Å². The zero-order valence-electron chi connectivity index (χ0n) is 17.7. The number of hydrogen-bond donors (Lipinski definition) is 3. The van der Waals surface area contributed by atoms with Crippen LogP contribution in [0.5, 0.6) is 0 Å². The van der Waals surface area contributed by atoms with E-state index in [-0.39, 0.29) is 28.7 Å². The third-order valence-electron chi connectivity index (χ3n) is 4.84. The number of carbonyl (C=O) groups is 3. The number of thiocarbonyl (C=S) groups is 1. The van der Waals surface area contributed by atoms with Crippen LogP contribution in [0.1, 0.15) is 22.1 Å². The van der Waals surface area contributed by atoms with Crippen LogP contribution in [0, 0.1) is 6.92 Å². The molecule has 2 amide bonds. The first-order valence-corrected chi connectivity index (χ1v) is 12.7. The molecule has 0 aromatic carbocycles. The zero-order chi connectivity index (χ0) is 24.6. The molecule has 16 heteroatoms. The molecule has 2 unspecified atom stereocenters. The molecule has 0 saturated carbocycles. The number of hydrogen-bond acceptors (Lipinski definition) is 13. The average molecular weight is 540 g/mol. The summed E-state index contributed by atoms with van der Waals surface area (Å²) in [7, 11) is 1.27. The van der Waals surface area contributed by atoms with Crippen molar-refractivity contribution >= 4 is 80.1 Å². The van der Waals surface area contributed by atoms with E-state index in [1.165, 1.54) is 40.5 Å². The first-order chi connectivity index (χ1) is 16.2. The van der Waals surface area contributed by atoms with Crippen LogP contribution in [0.25, 0.3) is 0 Å². The molecule has 178 valence electrons. The van der Waals surface area contributed by atoms with Gasteiger partial charge in [0.1, 0.15) is 34.9 Å². The number of nitrogens with two attached hydrogens (primary N) is 1. The molecule has 12 nitrogen and oxygen atoms in total. The molecule has 2 atom stereocenters. The SMILES string of the molecule is CON=C(C(=O)NC1C(=O)N2C(C(=O)O)=C(CC(=S)c3nnc(C)s3)CSC12)c1csc(N)n1. The van der Waals surface area contributed by atoms with Gasteiger partial charge in [-0.15, -0.1) is 33.3 Å². The molecule has 2 aromatic heterocycles. The van der Waals surface area contributed by atoms with Gasteiger partial charge in [0.2, 0.25) is 0 Å². The van der Waals surface area contributed by atoms with Crippen molar-refractivity contribution in [1.29, 1.82) is 0 Å². The summed E-state index contributed by atoms with van der Waals surface area (Å²) in [5, 5.41) is 26.6. The Balaban J connectivity index is 1.52. The van der Waals surface area contributed by atoms with Crippen LogP contribution in [-0.4, -0.2) is 77.8 Å². The third kappa shape index (κ3) is 4.53. The van der Waals surface area contributed by atoms with E-state index < -0.39 is 29.2 Å². The van der Waals surface area contributed by atoms with Crippen molar-refractivity contribution in [2.75, 3.05) is 18.6 Å². The fraction of sp³-hybridized carbons (Fsp3) is 0.333. The minimum atomic E-state index is -1.24. The number of oxime groups is 1. The second-order valence-electron chi connectivity index (χ2n) is 7.04. The maximum absolute atomic E-state index is 12.9. The topological polar surface area (TPSA) is 173 Å². The standard InChI is InChI=1S/C18H17N7O5S4/c1-6-22-23-14(34-6)9(31)3-7-4-32-16-11(15(27)25(16)12(7)17(28)29)21-13(26)10(24-30-2)8-5-33-18(19)20-8/h5,11,16H,3-4H2,1-2H3,(H2,19,20)(H,21,26)(H,28,29). The van der Waals surface area contributed by atoms with E-state index >= 15 is 0 Å². The number of β-lactam (4-membered cyclic amide) rings is 1. The molecule has 1 saturated heterocycles. The van der Waals surface area contributed by atoms with E-state index in [2.05, 4.69) is 25.7 Å². The molecular weight excluding hydrogens is 523 g/mol. The lowest BCUT2D eigenvalue weighted by molar-refractivity contribution is -0.150. The Kier molecular flexibility index (Phi) is 6.92. The summed E-state index contributed by atoms with van der Waals surface area (Å²) >= 11 is 9.20. The number of thiazole rings is 1. The van der Waals surface area contributed by atoms with Gasteiger partial charge < -0.3 is 21.0 Å². The van der Waals surface area contributed by atoms with Crippen molar-refractivity contribution in [2.45, 2.75) is 24.8 Å². The summed E-state index contributed by atoms with van der Waals surface area (Å²) in [4.78, 5) is 48.2. The van der Waals surface area contributed by atoms with E-state index in [1.807, 2.05) is 0 Å². The highest BCUT2D eigenvalue weighted by molar-refractivity contribution is 8.00. The molecule has 0 spiro atoms. The molecule has 2 aromatic rings. The summed E-state index contributed by atoms with van der Waals surface area (Å²) in [5.41, 5.74) is 6.07. The highest BCUT2D eigenvalue weighted by atomic mass is 32.2. The van der Waals surface area contributed by atoms with Gasteiger partial charge in [0.05, 0.1) is 4.86 Å². The molecule has 34 heavy (non-hydrogen) atoms. The van der Waals surface area contributed by atoms with Crippen LogP contribution in [0.2, 0.25) is 0 Å². The molecule has 2 aliphatic rings. The molecule has 0 radical (unpaired) electrons. The van der Waals surface area contributed by atoms with Crippen LogP contribution in [0.15, 0.2) is 21.8 Å². The molecule has 4 heterocycles. The number of nitrogens with one attached hydrogen (secondary N) is 1. The minimum Gasteiger partial charge on any atom is -0.477 e. The Morgan fingerprint density at radius 2 is 2.21 bits per heavy atom. The van der Waals surface area contributed by atoms with E-state index in [4.69, 9.17) is 22.8 Å². The smallest absolute Gasteiger partial charge is 0.352 e. The molecule has 4 N–H and O–H groups in total. The summed E-state index contributed by atoms with van der Waals surface area (Å²) in [5.74, 6) is -2.16. The van der Waals surface area contributed by atoms with Crippen molar-refractivity contribution in [1.82, 2.24) is 25.4 Å². The quantitative estimate of drug-likeness (QED) is 0.142. The van der Waals surface area contributed by atoms with E-state index in [0.717, 1.165) is 16.3 Å². The van der Waals surface area contributed by atoms with Crippen molar-refractivity contribution in [2.24, 2.45) is 5.16 Å². The normalized spacial score (nSPS) is 20.0. The number of fused-ring (bicyclic) bond motifs is 1. The number of anilines is 1. The van der Waals surface area contributed by atoms with Gasteiger partial charge in [-0.25, -0.2) is 9.78 Å². The second-order valence-corrected chi connectivity index (χ2v) is 10.7. The number of aryl methyl sites for hydroxylation is 1. The highest BCUT2D eigenvalue weighted by Crippen LogP contribution is 2.41. The fourth-order valence-corrected chi connectivity index (χ4v) is 6.26. The third-order valence-corrected chi connectivity index (χ3v) is 8.22. The van der Waals surface area contributed by atoms with Crippen molar-refractivity contribution in [3.63, 3.8) is 0 Å². The van der Waals surface area contributed by atoms with Crippen molar-refractivity contribution in [3.8, 4) is 0 Å². The van der Waals surface area contributed by atoms with E-state index in [0.29, 0.717) is 21.2 Å². The fourth-order valence-electron chi connectivity index (χ4n) is 3.40. The number of aromatic nitrogens is 3. The number of carboxylic acid groups (broad SMARTS) is 1. The van der Waals surface area contributed by atoms with Crippen molar-refractivity contribution < 1.29 is 24.3 Å². The van der Waals surface area contributed by atoms with Gasteiger partial charge in [-0.3, -0.25) is 14.5 Å². The van der Waals surface area contributed by atoms with E-state index in [1.54, 1.807) is 6.92 Å². The number of carbonyl (C=O) groups excluding carboxylic acids is 2. The summed E-state index contributed by atoms with van der Waals surface area (Å²) < 4.78 is 0. The van der Waals surface area contributed by atoms with Crippen LogP contribution in [0.4, 0.5) is 5.13 Å². The van der Waals surface area contributed by atoms with Gasteiger partial charge in [0, 0.05) is 17.6 Å². The van der Waals surface area contributed by atoms with Gasteiger partial charge in [0.25, 0.3) is 11.8 Å². The Bertz CT molecular complexity index is 1250. The maximum atomic E-state index is 12.9. The Hall–Kier alpha value is -2.95. The first kappa shape index (κ1) is 24.2. The molecular formula is C18H17N7O5S4. The molecule has 0 bridgehead atoms. The minimum absolute atomic E-state index is 0.124. The van der Waals surface area contributed by atoms with Gasteiger partial charge in [-0.1, -0.05) is 28.7 Å². The number of nitrogens with zero attached hydrogens (tertiary/aromatic N) is 5. The maximum Gasteiger partial charge on any atom is 0.352 e. The van der Waals surface area contributed by atoms with Gasteiger partial charge in [-0.2, -0.15) is 0 Å². The summed E-state index contributed by atoms with van der Waals surface area (Å²) in [6, 6.07) is -0.941. The lowest BCUT2D eigenvalue weighted by Gasteiger charge is -2.49. The summed E-state index contributed by atoms with van der Waals surface area (Å²) in [6.07, 6.45) is 0.169. The predicted octanol–water partition coefficient (Wildman–Crippen LogP) is 0.783. The number of carboxylic acids is 1. The monoisotopic (exact) mass is 539 g/mol. The van der Waals surface area contributed by atoms with Crippen LogP contribution < -0.4 is 11.1 Å². The molecule has 1 fully saturated rings. The molecule has 4 rings (SSSR count). The number of rotatable bonds is 8. The Morgan fingerprint density at radius 3 is 2.79 bits per heavy atom. The first-order valence-electron chi connectivity index (χ1n) is 9.58. The lowest BCUT2D eigenvalue weighted by Crippen LogP contribution is -2.71. The van der Waals surface area contributed by atoms with Gasteiger partial charge >= 0.3 is 5.97 Å². The van der Waals surface area contributed by atoms with Gasteiger partial charge in [0.15, 0.2) is 15.9 Å². The predicted molar refractivity (Wildman–Crippen MR) is 131 cm³/mol. The number of aliphatic carboxylic acids is 1. The van der Waals surface area contributed by atoms with Crippen molar-refractivity contribution in [3.05, 3.63) is 32.4 Å². The number of thioether (sulfide) groups is 1. The zero-order valence-corrected chi connectivity index (χ0v) is 20.9. The second kappa shape index (κ2) is 9.73. The Morgan fingerprint density at radius 1 is 1.44 bits per heavy atom. The van der Waals surface area contributed by atoms with Crippen LogP contribution in [0.3, 0.4) is 0 Å². The lowest BCUT2D eigenvalue weighted by atomic mass is 10.0. The number of nitrogen functional groups attached to an aromatic ring is 1. The Labute approximate surface area is 210 Å². The molecule has 2 aliphatic heterocycles. The summed E-state index contributed by atoms with van der Waals surface area (Å²) in [6.45, 7) is 1.80. The average Bonchev–Trinajstić information content (AvgIpc) is 3.43. The van der Waals surface area contributed by atoms with E-state index in [9.17, 15) is 19.5 Å². The molecule has 0 aliphatic carbocycles. The van der Waals surface area contributed by atoms with Gasteiger partial charge in [-0.05, 0) is 12.5 Å². The number of amides is 2. The highest BCUT2D eigenvalue weighted by Gasteiger charge is 2.54.